The SMILES string of the molecule is CCN1CCC(CN2CC(=O)NC2=O)CC1. The second kappa shape index (κ2) is 4.82. The fourth-order valence-electron chi connectivity index (χ4n) is 2.43. The molecule has 90 valence electrons. The monoisotopic (exact) mass is 225 g/mol. The van der Waals surface area contributed by atoms with Gasteiger partial charge in [0.25, 0.3) is 0 Å². The maximum Gasteiger partial charge on any atom is 0.324 e. The van der Waals surface area contributed by atoms with Gasteiger partial charge in [0.15, 0.2) is 0 Å². The van der Waals surface area contributed by atoms with Gasteiger partial charge in [0.2, 0.25) is 5.91 Å². The van der Waals surface area contributed by atoms with Crippen molar-refractivity contribution in [2.75, 3.05) is 32.7 Å². The number of rotatable bonds is 3. The summed E-state index contributed by atoms with van der Waals surface area (Å²) >= 11 is 0. The lowest BCUT2D eigenvalue weighted by Gasteiger charge is -2.32. The molecule has 2 fully saturated rings. The highest BCUT2D eigenvalue weighted by atomic mass is 16.2. The van der Waals surface area contributed by atoms with Gasteiger partial charge in [-0.25, -0.2) is 4.79 Å². The Hall–Kier alpha value is -1.10. The molecule has 2 rings (SSSR count). The lowest BCUT2D eigenvalue weighted by Crippen LogP contribution is -2.39. The molecule has 5 heteroatoms. The smallest absolute Gasteiger partial charge is 0.315 e. The number of piperidine rings is 1. The molecule has 2 heterocycles. The van der Waals surface area contributed by atoms with E-state index in [-0.39, 0.29) is 18.5 Å². The molecule has 0 aromatic heterocycles. The standard InChI is InChI=1S/C11H19N3O2/c1-2-13-5-3-9(4-6-13)7-14-8-10(15)12-11(14)16/h9H,2-8H2,1H3,(H,12,15,16). The van der Waals surface area contributed by atoms with Crippen molar-refractivity contribution >= 4 is 11.9 Å². The summed E-state index contributed by atoms with van der Waals surface area (Å²) in [6.07, 6.45) is 2.26. The molecule has 0 aliphatic carbocycles. The number of urea groups is 1. The molecule has 0 atom stereocenters. The Morgan fingerprint density at radius 1 is 1.31 bits per heavy atom. The second-order valence-corrected chi connectivity index (χ2v) is 4.61. The lowest BCUT2D eigenvalue weighted by atomic mass is 9.96. The quantitative estimate of drug-likeness (QED) is 0.701. The number of carbonyl (C=O) groups is 2. The van der Waals surface area contributed by atoms with Gasteiger partial charge in [0.1, 0.15) is 6.54 Å². The van der Waals surface area contributed by atoms with Crippen LogP contribution in [0.3, 0.4) is 0 Å². The first kappa shape index (κ1) is 11.4. The summed E-state index contributed by atoms with van der Waals surface area (Å²) in [6.45, 7) is 6.49. The Morgan fingerprint density at radius 3 is 2.50 bits per heavy atom. The summed E-state index contributed by atoms with van der Waals surface area (Å²) in [7, 11) is 0. The topological polar surface area (TPSA) is 52.6 Å². The average molecular weight is 225 g/mol. The van der Waals surface area contributed by atoms with Crippen molar-refractivity contribution in [2.45, 2.75) is 19.8 Å². The van der Waals surface area contributed by atoms with E-state index >= 15 is 0 Å². The predicted molar refractivity (Wildman–Crippen MR) is 59.9 cm³/mol. The van der Waals surface area contributed by atoms with E-state index < -0.39 is 0 Å². The Balaban J connectivity index is 1.78. The molecule has 1 N–H and O–H groups in total. The van der Waals surface area contributed by atoms with Gasteiger partial charge >= 0.3 is 6.03 Å². The van der Waals surface area contributed by atoms with Crippen LogP contribution in [0.25, 0.3) is 0 Å². The molecule has 3 amide bonds. The summed E-state index contributed by atoms with van der Waals surface area (Å²) in [5.74, 6) is 0.385. The first-order valence-corrected chi connectivity index (χ1v) is 6.00. The highest BCUT2D eigenvalue weighted by Crippen LogP contribution is 2.18. The van der Waals surface area contributed by atoms with Crippen LogP contribution in [0.15, 0.2) is 0 Å². The van der Waals surface area contributed by atoms with Crippen LogP contribution in [0.5, 0.6) is 0 Å². The molecule has 16 heavy (non-hydrogen) atoms. The molecular weight excluding hydrogens is 206 g/mol. The molecular formula is C11H19N3O2. The van der Waals surface area contributed by atoms with Crippen molar-refractivity contribution in [1.82, 2.24) is 15.1 Å². The van der Waals surface area contributed by atoms with Crippen LogP contribution in [0.4, 0.5) is 4.79 Å². The molecule has 2 aliphatic heterocycles. The fraction of sp³-hybridized carbons (Fsp3) is 0.818. The fourth-order valence-corrected chi connectivity index (χ4v) is 2.43. The Morgan fingerprint density at radius 2 is 2.00 bits per heavy atom. The van der Waals surface area contributed by atoms with Gasteiger partial charge in [-0.1, -0.05) is 6.92 Å². The minimum Gasteiger partial charge on any atom is -0.315 e. The van der Waals surface area contributed by atoms with Gasteiger partial charge in [-0.3, -0.25) is 10.1 Å². The number of nitrogens with one attached hydrogen (secondary N) is 1. The number of likely N-dealkylation sites (tertiary alicyclic amines) is 1. The zero-order valence-electron chi connectivity index (χ0n) is 9.74. The number of hydrogen-bond acceptors (Lipinski definition) is 3. The normalized spacial score (nSPS) is 23.9. The van der Waals surface area contributed by atoms with Crippen LogP contribution >= 0.6 is 0 Å². The van der Waals surface area contributed by atoms with Crippen LogP contribution in [0.1, 0.15) is 19.8 Å². The van der Waals surface area contributed by atoms with Crippen molar-refractivity contribution in [3.8, 4) is 0 Å². The maximum atomic E-state index is 11.4. The first-order chi connectivity index (χ1) is 7.69. The minimum atomic E-state index is -0.220. The van der Waals surface area contributed by atoms with Crippen LogP contribution < -0.4 is 5.32 Å². The zero-order chi connectivity index (χ0) is 11.5. The third-order valence-corrected chi connectivity index (χ3v) is 3.50. The Labute approximate surface area is 95.8 Å². The molecule has 2 aliphatic rings. The summed E-state index contributed by atoms with van der Waals surface area (Å²) in [5, 5.41) is 2.31. The molecule has 2 saturated heterocycles. The second-order valence-electron chi connectivity index (χ2n) is 4.61. The van der Waals surface area contributed by atoms with E-state index in [0.29, 0.717) is 5.92 Å². The van der Waals surface area contributed by atoms with Gasteiger partial charge < -0.3 is 9.80 Å². The van der Waals surface area contributed by atoms with Crippen molar-refractivity contribution in [2.24, 2.45) is 5.92 Å². The van der Waals surface area contributed by atoms with Gasteiger partial charge in [0.05, 0.1) is 0 Å². The highest BCUT2D eigenvalue weighted by molar-refractivity contribution is 6.01. The summed E-state index contributed by atoms with van der Waals surface area (Å²) in [4.78, 5) is 26.4. The van der Waals surface area contributed by atoms with Crippen LogP contribution in [-0.4, -0.2) is 54.5 Å². The van der Waals surface area contributed by atoms with Crippen molar-refractivity contribution in [1.29, 1.82) is 0 Å². The molecule has 0 spiro atoms. The van der Waals surface area contributed by atoms with E-state index in [0.717, 1.165) is 39.0 Å². The van der Waals surface area contributed by atoms with E-state index in [4.69, 9.17) is 0 Å². The summed E-state index contributed by atoms with van der Waals surface area (Å²) in [5.41, 5.74) is 0. The molecule has 0 radical (unpaired) electrons. The first-order valence-electron chi connectivity index (χ1n) is 6.00. The number of amides is 3. The van der Waals surface area contributed by atoms with Crippen LogP contribution in [0.2, 0.25) is 0 Å². The van der Waals surface area contributed by atoms with Crippen molar-refractivity contribution in [3.05, 3.63) is 0 Å². The number of carbonyl (C=O) groups excluding carboxylic acids is 2. The van der Waals surface area contributed by atoms with E-state index in [1.54, 1.807) is 4.90 Å². The van der Waals surface area contributed by atoms with E-state index in [2.05, 4.69) is 17.1 Å². The van der Waals surface area contributed by atoms with E-state index in [9.17, 15) is 9.59 Å². The largest absolute Gasteiger partial charge is 0.324 e. The molecule has 0 unspecified atom stereocenters. The molecule has 0 bridgehead atoms. The molecule has 0 aromatic rings. The molecule has 0 aromatic carbocycles. The molecule has 0 saturated carbocycles. The van der Waals surface area contributed by atoms with E-state index in [1.807, 2.05) is 0 Å². The van der Waals surface area contributed by atoms with Gasteiger partial charge in [-0.15, -0.1) is 0 Å². The Kier molecular flexibility index (Phi) is 3.43. The van der Waals surface area contributed by atoms with Crippen molar-refractivity contribution < 1.29 is 9.59 Å². The summed E-state index contributed by atoms with van der Waals surface area (Å²) < 4.78 is 0. The zero-order valence-corrected chi connectivity index (χ0v) is 9.74. The molecule has 5 nitrogen and oxygen atoms in total. The Bertz CT molecular complexity index is 285. The van der Waals surface area contributed by atoms with E-state index in [1.165, 1.54) is 0 Å². The van der Waals surface area contributed by atoms with Crippen molar-refractivity contribution in [3.63, 3.8) is 0 Å². The van der Waals surface area contributed by atoms with Crippen LogP contribution in [0, 0.1) is 5.92 Å². The number of nitrogens with zero attached hydrogens (tertiary/aromatic N) is 2. The van der Waals surface area contributed by atoms with Crippen LogP contribution in [-0.2, 0) is 4.79 Å². The predicted octanol–water partition coefficient (Wildman–Crippen LogP) is 0.270. The third kappa shape index (κ3) is 2.52. The van der Waals surface area contributed by atoms with Gasteiger partial charge in [-0.05, 0) is 38.4 Å². The number of hydrogen-bond donors (Lipinski definition) is 1. The lowest BCUT2D eigenvalue weighted by molar-refractivity contribution is -0.118. The van der Waals surface area contributed by atoms with Gasteiger partial charge in [-0.2, -0.15) is 0 Å². The third-order valence-electron chi connectivity index (χ3n) is 3.50. The van der Waals surface area contributed by atoms with Gasteiger partial charge in [0, 0.05) is 6.54 Å². The summed E-state index contributed by atoms with van der Waals surface area (Å²) in [6, 6.07) is -0.220. The minimum absolute atomic E-state index is 0.170. The average Bonchev–Trinajstić information content (AvgIpc) is 2.59. The maximum absolute atomic E-state index is 11.4. The highest BCUT2D eigenvalue weighted by Gasteiger charge is 2.29. The number of imide groups is 1.